The molecule has 0 aliphatic heterocycles. The van der Waals surface area contributed by atoms with E-state index < -0.39 is 11.8 Å². The first-order chi connectivity index (χ1) is 12.6. The molecule has 0 bridgehead atoms. The topological polar surface area (TPSA) is 80.3 Å². The molecule has 130 valence electrons. The predicted molar refractivity (Wildman–Crippen MR) is 99.2 cm³/mol. The van der Waals surface area contributed by atoms with Crippen LogP contribution in [0.1, 0.15) is 5.56 Å². The highest BCUT2D eigenvalue weighted by Gasteiger charge is 2.15. The summed E-state index contributed by atoms with van der Waals surface area (Å²) in [6.07, 6.45) is 1.55. The molecule has 0 saturated heterocycles. The van der Waals surface area contributed by atoms with Gasteiger partial charge in [-0.15, -0.1) is 0 Å². The lowest BCUT2D eigenvalue weighted by Crippen LogP contribution is -2.29. The molecule has 6 heteroatoms. The van der Waals surface area contributed by atoms with E-state index in [1.807, 2.05) is 30.3 Å². The fourth-order valence-electron chi connectivity index (χ4n) is 2.20. The van der Waals surface area contributed by atoms with Crippen LogP contribution in [-0.2, 0) is 9.59 Å². The Labute approximate surface area is 150 Å². The minimum absolute atomic E-state index is 0.360. The van der Waals surface area contributed by atoms with Crippen LogP contribution in [0.5, 0.6) is 11.5 Å². The van der Waals surface area contributed by atoms with Gasteiger partial charge in [0, 0.05) is 11.9 Å². The number of carbonyl (C=O) groups excluding carboxylic acids is 2. The Hall–Kier alpha value is -3.67. The Bertz CT molecular complexity index is 909. The van der Waals surface area contributed by atoms with Gasteiger partial charge in [0.2, 0.25) is 0 Å². The van der Waals surface area contributed by atoms with Crippen molar-refractivity contribution in [1.29, 1.82) is 0 Å². The van der Waals surface area contributed by atoms with Gasteiger partial charge in [-0.2, -0.15) is 0 Å². The molecule has 0 fully saturated rings. The standard InChI is InChI=1S/C20H17N3O3/c1-14-6-5-13-21-18(14)23-20(25)19(24)22-15-9-11-17(12-10-15)26-16-7-3-2-4-8-16/h2-13H,1H3,(H,22,24)(H,21,23,25). The second-order valence-corrected chi connectivity index (χ2v) is 5.52. The number of pyridine rings is 1. The molecule has 2 N–H and O–H groups in total. The van der Waals surface area contributed by atoms with Crippen molar-refractivity contribution >= 4 is 23.3 Å². The molecular weight excluding hydrogens is 330 g/mol. The second kappa shape index (κ2) is 7.94. The Morgan fingerprint density at radius 2 is 1.46 bits per heavy atom. The highest BCUT2D eigenvalue weighted by atomic mass is 16.5. The number of hydrogen-bond donors (Lipinski definition) is 2. The summed E-state index contributed by atoms with van der Waals surface area (Å²) in [6.45, 7) is 1.80. The van der Waals surface area contributed by atoms with Crippen molar-refractivity contribution in [2.45, 2.75) is 6.92 Å². The SMILES string of the molecule is Cc1cccnc1NC(=O)C(=O)Nc1ccc(Oc2ccccc2)cc1. The highest BCUT2D eigenvalue weighted by molar-refractivity contribution is 6.43. The van der Waals surface area contributed by atoms with Crippen LogP contribution in [0, 0.1) is 6.92 Å². The molecule has 0 aliphatic carbocycles. The van der Waals surface area contributed by atoms with Crippen molar-refractivity contribution in [2.75, 3.05) is 10.6 Å². The molecule has 2 aromatic carbocycles. The van der Waals surface area contributed by atoms with E-state index >= 15 is 0 Å². The number of carbonyl (C=O) groups is 2. The van der Waals surface area contributed by atoms with Crippen LogP contribution in [0.4, 0.5) is 11.5 Å². The third kappa shape index (κ3) is 4.45. The second-order valence-electron chi connectivity index (χ2n) is 5.52. The summed E-state index contributed by atoms with van der Waals surface area (Å²) < 4.78 is 5.68. The van der Waals surface area contributed by atoms with Gasteiger partial charge in [0.25, 0.3) is 0 Å². The Balaban J connectivity index is 1.59. The number of aryl methyl sites for hydroxylation is 1. The molecule has 3 rings (SSSR count). The van der Waals surface area contributed by atoms with Gasteiger partial charge in [-0.3, -0.25) is 9.59 Å². The minimum atomic E-state index is -0.781. The molecular formula is C20H17N3O3. The summed E-state index contributed by atoms with van der Waals surface area (Å²) >= 11 is 0. The van der Waals surface area contributed by atoms with Crippen molar-refractivity contribution < 1.29 is 14.3 Å². The summed E-state index contributed by atoms with van der Waals surface area (Å²) in [4.78, 5) is 28.0. The third-order valence-electron chi connectivity index (χ3n) is 3.54. The van der Waals surface area contributed by atoms with Gasteiger partial charge in [-0.1, -0.05) is 24.3 Å². The first-order valence-electron chi connectivity index (χ1n) is 7.99. The molecule has 0 saturated carbocycles. The Kier molecular flexibility index (Phi) is 5.24. The maximum atomic E-state index is 12.0. The van der Waals surface area contributed by atoms with Crippen LogP contribution < -0.4 is 15.4 Å². The molecule has 26 heavy (non-hydrogen) atoms. The van der Waals surface area contributed by atoms with E-state index in [0.29, 0.717) is 17.3 Å². The molecule has 1 aromatic heterocycles. The highest BCUT2D eigenvalue weighted by Crippen LogP contribution is 2.22. The van der Waals surface area contributed by atoms with Crippen LogP contribution in [0.3, 0.4) is 0 Å². The van der Waals surface area contributed by atoms with Gasteiger partial charge < -0.3 is 15.4 Å². The first kappa shape index (κ1) is 17.2. The minimum Gasteiger partial charge on any atom is -0.457 e. The van der Waals surface area contributed by atoms with Crippen LogP contribution in [0.15, 0.2) is 72.9 Å². The number of nitrogens with zero attached hydrogens (tertiary/aromatic N) is 1. The zero-order valence-corrected chi connectivity index (χ0v) is 14.1. The number of anilines is 2. The molecule has 6 nitrogen and oxygen atoms in total. The van der Waals surface area contributed by atoms with E-state index in [0.717, 1.165) is 11.3 Å². The molecule has 0 unspecified atom stereocenters. The van der Waals surface area contributed by atoms with E-state index in [4.69, 9.17) is 4.74 Å². The molecule has 3 aromatic rings. The van der Waals surface area contributed by atoms with E-state index in [1.165, 1.54) is 0 Å². The molecule has 0 atom stereocenters. The summed E-state index contributed by atoms with van der Waals surface area (Å²) in [5.74, 6) is 0.152. The van der Waals surface area contributed by atoms with Crippen LogP contribution in [0.25, 0.3) is 0 Å². The smallest absolute Gasteiger partial charge is 0.315 e. The molecule has 2 amide bonds. The van der Waals surface area contributed by atoms with E-state index in [-0.39, 0.29) is 0 Å². The third-order valence-corrected chi connectivity index (χ3v) is 3.54. The number of amides is 2. The number of ether oxygens (including phenoxy) is 1. The van der Waals surface area contributed by atoms with E-state index in [1.54, 1.807) is 49.5 Å². The zero-order chi connectivity index (χ0) is 18.4. The average molecular weight is 347 g/mol. The number of para-hydroxylation sites is 1. The summed E-state index contributed by atoms with van der Waals surface area (Å²) in [6, 6.07) is 19.7. The molecule has 0 spiro atoms. The normalized spacial score (nSPS) is 10.0. The lowest BCUT2D eigenvalue weighted by atomic mass is 10.3. The first-order valence-corrected chi connectivity index (χ1v) is 7.99. The predicted octanol–water partition coefficient (Wildman–Crippen LogP) is 3.76. The average Bonchev–Trinajstić information content (AvgIpc) is 2.66. The van der Waals surface area contributed by atoms with Crippen molar-refractivity contribution in [3.05, 3.63) is 78.5 Å². The Morgan fingerprint density at radius 3 is 2.15 bits per heavy atom. The maximum Gasteiger partial charge on any atom is 0.315 e. The van der Waals surface area contributed by atoms with Gasteiger partial charge in [0.15, 0.2) is 0 Å². The number of nitrogens with one attached hydrogen (secondary N) is 2. The zero-order valence-electron chi connectivity index (χ0n) is 14.1. The molecule has 0 aliphatic rings. The summed E-state index contributed by atoms with van der Waals surface area (Å²) in [5, 5.41) is 5.03. The van der Waals surface area contributed by atoms with Gasteiger partial charge in [0.05, 0.1) is 0 Å². The number of hydrogen-bond acceptors (Lipinski definition) is 4. The van der Waals surface area contributed by atoms with E-state index in [2.05, 4.69) is 15.6 Å². The van der Waals surface area contributed by atoms with Gasteiger partial charge >= 0.3 is 11.8 Å². The van der Waals surface area contributed by atoms with Crippen LogP contribution >= 0.6 is 0 Å². The van der Waals surface area contributed by atoms with Crippen molar-refractivity contribution in [2.24, 2.45) is 0 Å². The summed E-state index contributed by atoms with van der Waals surface area (Å²) in [5.41, 5.74) is 1.26. The molecule has 1 heterocycles. The fraction of sp³-hybridized carbons (Fsp3) is 0.0500. The van der Waals surface area contributed by atoms with Crippen molar-refractivity contribution in [3.63, 3.8) is 0 Å². The Morgan fingerprint density at radius 1 is 0.808 bits per heavy atom. The number of aromatic nitrogens is 1. The van der Waals surface area contributed by atoms with Crippen LogP contribution in [0.2, 0.25) is 0 Å². The number of benzene rings is 2. The monoisotopic (exact) mass is 347 g/mol. The summed E-state index contributed by atoms with van der Waals surface area (Å²) in [7, 11) is 0. The van der Waals surface area contributed by atoms with Crippen LogP contribution in [-0.4, -0.2) is 16.8 Å². The molecule has 0 radical (unpaired) electrons. The lowest BCUT2D eigenvalue weighted by Gasteiger charge is -2.09. The van der Waals surface area contributed by atoms with Gasteiger partial charge in [0.1, 0.15) is 17.3 Å². The quantitative estimate of drug-likeness (QED) is 0.704. The van der Waals surface area contributed by atoms with Gasteiger partial charge in [-0.25, -0.2) is 4.98 Å². The fourth-order valence-corrected chi connectivity index (χ4v) is 2.20. The lowest BCUT2D eigenvalue weighted by molar-refractivity contribution is -0.133. The van der Waals surface area contributed by atoms with E-state index in [9.17, 15) is 9.59 Å². The number of rotatable bonds is 4. The largest absolute Gasteiger partial charge is 0.457 e. The van der Waals surface area contributed by atoms with Crippen molar-refractivity contribution in [1.82, 2.24) is 4.98 Å². The van der Waals surface area contributed by atoms with Crippen molar-refractivity contribution in [3.8, 4) is 11.5 Å². The van der Waals surface area contributed by atoms with Gasteiger partial charge in [-0.05, 0) is 55.0 Å². The maximum absolute atomic E-state index is 12.0.